The minimum Gasteiger partial charge on any atom is -0.373 e. The Labute approximate surface area is 105 Å². The molecule has 4 rings (SSSR count). The zero-order valence-corrected chi connectivity index (χ0v) is 9.78. The van der Waals surface area contributed by atoms with Crippen LogP contribution in [0.25, 0.3) is 0 Å². The maximum absolute atomic E-state index is 12.4. The lowest BCUT2D eigenvalue weighted by atomic mass is 9.81. The van der Waals surface area contributed by atoms with Gasteiger partial charge in [0, 0.05) is 0 Å². The number of rotatable bonds is 1. The van der Waals surface area contributed by atoms with Gasteiger partial charge in [-0.15, -0.1) is 0 Å². The molecule has 3 aliphatic heterocycles. The van der Waals surface area contributed by atoms with Crippen LogP contribution in [0.4, 0.5) is 5.69 Å². The molecule has 1 aromatic carbocycles. The highest BCUT2D eigenvalue weighted by molar-refractivity contribution is 6.22. The molecule has 0 spiro atoms. The highest BCUT2D eigenvalue weighted by atomic mass is 16.5. The largest absolute Gasteiger partial charge is 0.373 e. The lowest BCUT2D eigenvalue weighted by molar-refractivity contribution is -0.124. The van der Waals surface area contributed by atoms with Crippen molar-refractivity contribution in [3.05, 3.63) is 30.3 Å². The van der Waals surface area contributed by atoms with Gasteiger partial charge in [0.1, 0.15) is 0 Å². The van der Waals surface area contributed by atoms with Gasteiger partial charge in [0.15, 0.2) is 0 Å². The standard InChI is InChI=1S/C14H13NO3/c16-13-11-9-6-7-10(18-9)12(11)14(17)15(13)8-4-2-1-3-5-8/h1-5,9-12H,6-7H2/t9-,10+,11?,12?. The van der Waals surface area contributed by atoms with Crippen LogP contribution >= 0.6 is 0 Å². The van der Waals surface area contributed by atoms with Crippen LogP contribution in [0.15, 0.2) is 30.3 Å². The van der Waals surface area contributed by atoms with Gasteiger partial charge in [-0.25, -0.2) is 4.90 Å². The molecule has 0 radical (unpaired) electrons. The van der Waals surface area contributed by atoms with Crippen LogP contribution in [0.3, 0.4) is 0 Å². The minimum atomic E-state index is -0.239. The Morgan fingerprint density at radius 2 is 1.50 bits per heavy atom. The lowest BCUT2D eigenvalue weighted by Crippen LogP contribution is -2.34. The Kier molecular flexibility index (Phi) is 1.95. The minimum absolute atomic E-state index is 0.0369. The Balaban J connectivity index is 1.76. The average Bonchev–Trinajstić information content (AvgIpc) is 3.05. The number of para-hydroxylation sites is 1. The van der Waals surface area contributed by atoms with Crippen molar-refractivity contribution in [2.75, 3.05) is 4.90 Å². The highest BCUT2D eigenvalue weighted by Gasteiger charge is 2.62. The molecule has 0 aromatic heterocycles. The third-order valence-corrected chi connectivity index (χ3v) is 4.30. The Morgan fingerprint density at radius 3 is 2.06 bits per heavy atom. The van der Waals surface area contributed by atoms with E-state index in [4.69, 9.17) is 4.74 Å². The molecule has 18 heavy (non-hydrogen) atoms. The van der Waals surface area contributed by atoms with Crippen LogP contribution in [0.5, 0.6) is 0 Å². The molecule has 2 amide bonds. The van der Waals surface area contributed by atoms with Crippen molar-refractivity contribution in [1.29, 1.82) is 0 Å². The molecule has 0 N–H and O–H groups in total. The zero-order valence-electron chi connectivity index (χ0n) is 9.78. The number of benzene rings is 1. The number of ether oxygens (including phenoxy) is 1. The second-order valence-corrected chi connectivity index (χ2v) is 5.19. The molecule has 3 heterocycles. The number of carbonyl (C=O) groups excluding carboxylic acids is 2. The van der Waals surface area contributed by atoms with Crippen molar-refractivity contribution in [2.45, 2.75) is 25.0 Å². The first-order chi connectivity index (χ1) is 8.77. The van der Waals surface area contributed by atoms with Gasteiger partial charge in [0.2, 0.25) is 11.8 Å². The Morgan fingerprint density at radius 1 is 0.944 bits per heavy atom. The fourth-order valence-electron chi connectivity index (χ4n) is 3.54. The summed E-state index contributed by atoms with van der Waals surface area (Å²) in [4.78, 5) is 26.2. The van der Waals surface area contributed by atoms with E-state index in [2.05, 4.69) is 0 Å². The molecule has 0 saturated carbocycles. The van der Waals surface area contributed by atoms with E-state index in [1.165, 1.54) is 4.90 Å². The molecule has 2 unspecified atom stereocenters. The van der Waals surface area contributed by atoms with E-state index in [0.717, 1.165) is 12.8 Å². The molecule has 2 bridgehead atoms. The van der Waals surface area contributed by atoms with E-state index >= 15 is 0 Å². The van der Waals surface area contributed by atoms with Crippen LogP contribution in [-0.4, -0.2) is 24.0 Å². The number of fused-ring (bicyclic) bond motifs is 5. The summed E-state index contributed by atoms with van der Waals surface area (Å²) in [6.07, 6.45) is 1.75. The Bertz CT molecular complexity index is 499. The molecule has 3 saturated heterocycles. The van der Waals surface area contributed by atoms with Crippen molar-refractivity contribution >= 4 is 17.5 Å². The summed E-state index contributed by atoms with van der Waals surface area (Å²) in [7, 11) is 0. The van der Waals surface area contributed by atoms with Gasteiger partial charge in [-0.1, -0.05) is 18.2 Å². The van der Waals surface area contributed by atoms with Gasteiger partial charge in [-0.05, 0) is 25.0 Å². The first-order valence-corrected chi connectivity index (χ1v) is 6.36. The molecular weight excluding hydrogens is 230 g/mol. The van der Waals surface area contributed by atoms with E-state index in [1.54, 1.807) is 12.1 Å². The third kappa shape index (κ3) is 1.13. The molecule has 4 atom stereocenters. The summed E-state index contributed by atoms with van der Waals surface area (Å²) in [6.45, 7) is 0. The molecule has 1 aromatic rings. The van der Waals surface area contributed by atoms with Gasteiger partial charge < -0.3 is 4.74 Å². The van der Waals surface area contributed by atoms with Crippen molar-refractivity contribution in [3.8, 4) is 0 Å². The van der Waals surface area contributed by atoms with Gasteiger partial charge in [0.25, 0.3) is 0 Å². The highest BCUT2D eigenvalue weighted by Crippen LogP contribution is 2.49. The van der Waals surface area contributed by atoms with Crippen LogP contribution in [0, 0.1) is 11.8 Å². The molecular formula is C14H13NO3. The topological polar surface area (TPSA) is 46.6 Å². The first kappa shape index (κ1) is 10.3. The van der Waals surface area contributed by atoms with E-state index < -0.39 is 0 Å². The van der Waals surface area contributed by atoms with E-state index in [-0.39, 0.29) is 35.9 Å². The molecule has 92 valence electrons. The second-order valence-electron chi connectivity index (χ2n) is 5.19. The molecule has 3 fully saturated rings. The van der Waals surface area contributed by atoms with Gasteiger partial charge in [-0.3, -0.25) is 9.59 Å². The summed E-state index contributed by atoms with van der Waals surface area (Å²) < 4.78 is 5.70. The quantitative estimate of drug-likeness (QED) is 0.699. The Hall–Kier alpha value is -1.68. The second kappa shape index (κ2) is 3.42. The van der Waals surface area contributed by atoms with Crippen LogP contribution in [-0.2, 0) is 14.3 Å². The fourth-order valence-corrected chi connectivity index (χ4v) is 3.54. The first-order valence-electron chi connectivity index (χ1n) is 6.36. The zero-order chi connectivity index (χ0) is 12.3. The summed E-state index contributed by atoms with van der Waals surface area (Å²) in [5.74, 6) is -0.639. The summed E-state index contributed by atoms with van der Waals surface area (Å²) >= 11 is 0. The van der Waals surface area contributed by atoms with Crippen LogP contribution in [0.2, 0.25) is 0 Å². The fraction of sp³-hybridized carbons (Fsp3) is 0.429. The number of hydrogen-bond donors (Lipinski definition) is 0. The number of nitrogens with zero attached hydrogens (tertiary/aromatic N) is 1. The van der Waals surface area contributed by atoms with E-state index in [1.807, 2.05) is 18.2 Å². The van der Waals surface area contributed by atoms with Crippen molar-refractivity contribution in [3.63, 3.8) is 0 Å². The molecule has 3 aliphatic rings. The molecule has 0 aliphatic carbocycles. The van der Waals surface area contributed by atoms with Crippen molar-refractivity contribution in [2.24, 2.45) is 11.8 Å². The number of hydrogen-bond acceptors (Lipinski definition) is 3. The number of imide groups is 1. The summed E-state index contributed by atoms with van der Waals surface area (Å²) in [5, 5.41) is 0. The summed E-state index contributed by atoms with van der Waals surface area (Å²) in [6, 6.07) is 9.17. The van der Waals surface area contributed by atoms with E-state index in [9.17, 15) is 9.59 Å². The average molecular weight is 243 g/mol. The van der Waals surface area contributed by atoms with Crippen molar-refractivity contribution in [1.82, 2.24) is 0 Å². The summed E-state index contributed by atoms with van der Waals surface area (Å²) in [5.41, 5.74) is 0.682. The number of amides is 2. The van der Waals surface area contributed by atoms with Crippen LogP contribution < -0.4 is 4.90 Å². The maximum atomic E-state index is 12.4. The normalized spacial score (nSPS) is 37.4. The lowest BCUT2D eigenvalue weighted by Gasteiger charge is -2.17. The van der Waals surface area contributed by atoms with Gasteiger partial charge >= 0.3 is 0 Å². The smallest absolute Gasteiger partial charge is 0.240 e. The number of carbonyl (C=O) groups is 2. The van der Waals surface area contributed by atoms with Crippen LogP contribution in [0.1, 0.15) is 12.8 Å². The maximum Gasteiger partial charge on any atom is 0.240 e. The molecule has 4 nitrogen and oxygen atoms in total. The van der Waals surface area contributed by atoms with Gasteiger partial charge in [0.05, 0.1) is 29.7 Å². The monoisotopic (exact) mass is 243 g/mol. The predicted molar refractivity (Wildman–Crippen MR) is 63.8 cm³/mol. The van der Waals surface area contributed by atoms with Gasteiger partial charge in [-0.2, -0.15) is 0 Å². The number of anilines is 1. The predicted octanol–water partition coefficient (Wildman–Crippen LogP) is 1.35. The molecule has 4 heteroatoms. The van der Waals surface area contributed by atoms with Crippen molar-refractivity contribution < 1.29 is 14.3 Å². The SMILES string of the molecule is O=C1C2C(C(=O)N1c1ccccc1)[C@H]1CC[C@@H]2O1. The van der Waals surface area contributed by atoms with E-state index in [0.29, 0.717) is 5.69 Å². The third-order valence-electron chi connectivity index (χ3n) is 4.30.